The quantitative estimate of drug-likeness (QED) is 0.261. The van der Waals surface area contributed by atoms with E-state index in [0.717, 1.165) is 16.7 Å². The van der Waals surface area contributed by atoms with E-state index < -0.39 is 11.3 Å². The summed E-state index contributed by atoms with van der Waals surface area (Å²) in [5, 5.41) is 2.94. The van der Waals surface area contributed by atoms with Gasteiger partial charge in [-0.1, -0.05) is 91.0 Å². The molecule has 3 aromatic carbocycles. The van der Waals surface area contributed by atoms with Crippen LogP contribution in [0.2, 0.25) is 0 Å². The minimum atomic E-state index is -0.639. The number of rotatable bonds is 8. The first-order valence-electron chi connectivity index (χ1n) is 12.9. The standard InChI is InChI=1S/C32H33N3O3/c1-31(2)37-22-25(23-38-31)20-33-30(36)19-18-29-21-35(24-34-29)32(26-12-6-3-7-13-26,27-14-8-4-9-15-27)28-16-10-5-11-17-28/h3-19,21,24-25H,20,22-23H2,1-2H3,(H,33,36)/b19-18+. The van der Waals surface area contributed by atoms with Crippen molar-refractivity contribution >= 4 is 12.0 Å². The Balaban J connectivity index is 1.42. The van der Waals surface area contributed by atoms with E-state index in [1.807, 2.05) is 44.6 Å². The molecule has 0 unspecified atom stereocenters. The zero-order valence-electron chi connectivity index (χ0n) is 21.8. The second kappa shape index (κ2) is 11.2. The summed E-state index contributed by atoms with van der Waals surface area (Å²) in [6.45, 7) is 5.40. The van der Waals surface area contributed by atoms with Crippen LogP contribution in [0.4, 0.5) is 0 Å². The van der Waals surface area contributed by atoms with E-state index in [1.54, 1.807) is 6.08 Å². The molecule has 0 aliphatic carbocycles. The number of carbonyl (C=O) groups excluding carboxylic acids is 1. The number of nitrogens with one attached hydrogen (secondary N) is 1. The fourth-order valence-corrected chi connectivity index (χ4v) is 4.90. The number of nitrogens with zero attached hydrogens (tertiary/aromatic N) is 2. The van der Waals surface area contributed by atoms with Crippen LogP contribution in [0.15, 0.2) is 110 Å². The van der Waals surface area contributed by atoms with Crippen LogP contribution >= 0.6 is 0 Å². The molecule has 1 amide bonds. The van der Waals surface area contributed by atoms with Crippen LogP contribution in [0, 0.1) is 5.92 Å². The Morgan fingerprint density at radius 2 is 1.42 bits per heavy atom. The third kappa shape index (κ3) is 5.47. The van der Waals surface area contributed by atoms with Crippen molar-refractivity contribution in [3.8, 4) is 0 Å². The summed E-state index contributed by atoms with van der Waals surface area (Å²) >= 11 is 0. The van der Waals surface area contributed by atoms with Crippen molar-refractivity contribution in [2.45, 2.75) is 25.2 Å². The number of benzene rings is 3. The van der Waals surface area contributed by atoms with Crippen molar-refractivity contribution in [1.82, 2.24) is 14.9 Å². The van der Waals surface area contributed by atoms with Crippen molar-refractivity contribution in [2.24, 2.45) is 5.92 Å². The summed E-state index contributed by atoms with van der Waals surface area (Å²) in [7, 11) is 0. The highest BCUT2D eigenvalue weighted by molar-refractivity contribution is 5.91. The zero-order chi connectivity index (χ0) is 26.4. The maximum atomic E-state index is 12.5. The van der Waals surface area contributed by atoms with Gasteiger partial charge in [0.15, 0.2) is 5.79 Å². The van der Waals surface area contributed by atoms with E-state index in [4.69, 9.17) is 9.47 Å². The number of imidazole rings is 1. The van der Waals surface area contributed by atoms with Crippen LogP contribution in [0.5, 0.6) is 0 Å². The van der Waals surface area contributed by atoms with E-state index in [9.17, 15) is 4.79 Å². The van der Waals surface area contributed by atoms with Gasteiger partial charge in [-0.05, 0) is 36.6 Å². The van der Waals surface area contributed by atoms with Gasteiger partial charge in [0.25, 0.3) is 0 Å². The van der Waals surface area contributed by atoms with E-state index in [0.29, 0.717) is 25.5 Å². The molecule has 6 nitrogen and oxygen atoms in total. The number of hydrogen-bond acceptors (Lipinski definition) is 4. The van der Waals surface area contributed by atoms with Crippen molar-refractivity contribution in [2.75, 3.05) is 19.8 Å². The van der Waals surface area contributed by atoms with Gasteiger partial charge < -0.3 is 19.4 Å². The first-order valence-corrected chi connectivity index (χ1v) is 12.9. The Labute approximate surface area is 223 Å². The van der Waals surface area contributed by atoms with E-state index in [1.165, 1.54) is 6.08 Å². The average Bonchev–Trinajstić information content (AvgIpc) is 3.43. The molecule has 0 bridgehead atoms. The minimum Gasteiger partial charge on any atom is -0.352 e. The van der Waals surface area contributed by atoms with Gasteiger partial charge in [-0.15, -0.1) is 0 Å². The van der Waals surface area contributed by atoms with Crippen molar-refractivity contribution in [3.63, 3.8) is 0 Å². The lowest BCUT2D eigenvalue weighted by Gasteiger charge is -2.37. The number of ether oxygens (including phenoxy) is 2. The van der Waals surface area contributed by atoms with Crippen LogP contribution in [0.3, 0.4) is 0 Å². The highest BCUT2D eigenvalue weighted by atomic mass is 16.7. The molecule has 0 saturated carbocycles. The summed E-state index contributed by atoms with van der Waals surface area (Å²) in [5.74, 6) is -0.610. The molecule has 1 saturated heterocycles. The molecule has 0 atom stereocenters. The third-order valence-corrected chi connectivity index (χ3v) is 6.87. The predicted octanol–water partition coefficient (Wildman–Crippen LogP) is 5.25. The highest BCUT2D eigenvalue weighted by Gasteiger charge is 2.38. The number of carbonyl (C=O) groups is 1. The molecule has 6 heteroatoms. The largest absolute Gasteiger partial charge is 0.352 e. The highest BCUT2D eigenvalue weighted by Crippen LogP contribution is 2.40. The van der Waals surface area contributed by atoms with Gasteiger partial charge >= 0.3 is 0 Å². The van der Waals surface area contributed by atoms with E-state index in [2.05, 4.69) is 87.7 Å². The van der Waals surface area contributed by atoms with E-state index >= 15 is 0 Å². The van der Waals surface area contributed by atoms with Crippen molar-refractivity contribution < 1.29 is 14.3 Å². The summed E-state index contributed by atoms with van der Waals surface area (Å²) in [6, 6.07) is 31.3. The summed E-state index contributed by atoms with van der Waals surface area (Å²) < 4.78 is 13.5. The lowest BCUT2D eigenvalue weighted by Crippen LogP contribution is -2.43. The molecule has 38 heavy (non-hydrogen) atoms. The normalized spacial score (nSPS) is 15.9. The average molecular weight is 508 g/mol. The Bertz CT molecular complexity index is 1260. The fourth-order valence-electron chi connectivity index (χ4n) is 4.90. The topological polar surface area (TPSA) is 65.4 Å². The van der Waals surface area contributed by atoms with Crippen LogP contribution < -0.4 is 5.32 Å². The predicted molar refractivity (Wildman–Crippen MR) is 148 cm³/mol. The molecule has 1 aliphatic heterocycles. The third-order valence-electron chi connectivity index (χ3n) is 6.87. The Morgan fingerprint density at radius 1 is 0.921 bits per heavy atom. The molecule has 0 spiro atoms. The maximum absolute atomic E-state index is 12.5. The Kier molecular flexibility index (Phi) is 7.54. The van der Waals surface area contributed by atoms with Crippen LogP contribution in [0.1, 0.15) is 36.2 Å². The molecule has 1 fully saturated rings. The van der Waals surface area contributed by atoms with Gasteiger partial charge in [-0.25, -0.2) is 4.98 Å². The fraction of sp³-hybridized carbons (Fsp3) is 0.250. The first-order chi connectivity index (χ1) is 18.5. The van der Waals surface area contributed by atoms with Crippen LogP contribution in [-0.2, 0) is 19.8 Å². The molecule has 4 aromatic rings. The van der Waals surface area contributed by atoms with E-state index in [-0.39, 0.29) is 11.8 Å². The van der Waals surface area contributed by atoms with Crippen molar-refractivity contribution in [1.29, 1.82) is 0 Å². The molecule has 1 N–H and O–H groups in total. The number of hydrogen-bond donors (Lipinski definition) is 1. The smallest absolute Gasteiger partial charge is 0.244 e. The SMILES string of the molecule is CC1(C)OCC(CNC(=O)/C=C/c2cn(C(c3ccccc3)(c3ccccc3)c3ccccc3)cn2)CO1. The zero-order valence-corrected chi connectivity index (χ0v) is 21.8. The van der Waals surface area contributed by atoms with Gasteiger partial charge in [0.2, 0.25) is 5.91 Å². The lowest BCUT2D eigenvalue weighted by atomic mass is 9.77. The molecular formula is C32H33N3O3. The first kappa shape index (κ1) is 25.6. The summed E-state index contributed by atoms with van der Waals surface area (Å²) in [6.07, 6.45) is 7.09. The lowest BCUT2D eigenvalue weighted by molar-refractivity contribution is -0.261. The second-order valence-electron chi connectivity index (χ2n) is 9.98. The van der Waals surface area contributed by atoms with Gasteiger partial charge in [0, 0.05) is 24.7 Å². The Morgan fingerprint density at radius 3 is 1.92 bits per heavy atom. The maximum Gasteiger partial charge on any atom is 0.244 e. The molecule has 0 radical (unpaired) electrons. The monoisotopic (exact) mass is 507 g/mol. The van der Waals surface area contributed by atoms with Gasteiger partial charge in [0.1, 0.15) is 5.54 Å². The summed E-state index contributed by atoms with van der Waals surface area (Å²) in [4.78, 5) is 17.2. The van der Waals surface area contributed by atoms with Crippen LogP contribution in [0.25, 0.3) is 6.08 Å². The van der Waals surface area contributed by atoms with Gasteiger partial charge in [-0.2, -0.15) is 0 Å². The van der Waals surface area contributed by atoms with Crippen LogP contribution in [-0.4, -0.2) is 41.0 Å². The molecule has 194 valence electrons. The molecule has 1 aromatic heterocycles. The number of amides is 1. The van der Waals surface area contributed by atoms with Crippen molar-refractivity contribution in [3.05, 3.63) is 132 Å². The molecule has 2 heterocycles. The second-order valence-corrected chi connectivity index (χ2v) is 9.98. The molecule has 5 rings (SSSR count). The Hall–Kier alpha value is -4.00. The van der Waals surface area contributed by atoms with Gasteiger partial charge in [0.05, 0.1) is 25.2 Å². The number of aromatic nitrogens is 2. The minimum absolute atomic E-state index is 0.128. The summed E-state index contributed by atoms with van der Waals surface area (Å²) in [5.41, 5.74) is 3.40. The molecule has 1 aliphatic rings. The van der Waals surface area contributed by atoms with Gasteiger partial charge in [-0.3, -0.25) is 4.79 Å². The molecular weight excluding hydrogens is 474 g/mol.